The Morgan fingerprint density at radius 3 is 2.47 bits per heavy atom. The van der Waals surface area contributed by atoms with E-state index in [0.29, 0.717) is 19.1 Å². The Bertz CT molecular complexity index is 289. The van der Waals surface area contributed by atoms with Crippen LogP contribution in [0.3, 0.4) is 0 Å². The van der Waals surface area contributed by atoms with Crippen LogP contribution in [0.2, 0.25) is 0 Å². The van der Waals surface area contributed by atoms with Gasteiger partial charge in [0.1, 0.15) is 0 Å². The molecule has 7 heteroatoms. The van der Waals surface area contributed by atoms with Crippen LogP contribution in [-0.4, -0.2) is 78.7 Å². The van der Waals surface area contributed by atoms with Crippen LogP contribution in [0, 0.1) is 0 Å². The van der Waals surface area contributed by atoms with Gasteiger partial charge in [-0.15, -0.1) is 0 Å². The average Bonchev–Trinajstić information content (AvgIpc) is 2.33. The topological polar surface area (TPSA) is 73.2 Å². The predicted octanol–water partition coefficient (Wildman–Crippen LogP) is 0.597. The predicted molar refractivity (Wildman–Crippen MR) is 75.5 cm³/mol. The zero-order chi connectivity index (χ0) is 14.3. The van der Waals surface area contributed by atoms with Crippen LogP contribution in [0.1, 0.15) is 19.3 Å². The van der Waals surface area contributed by atoms with E-state index < -0.39 is 7.60 Å². The molecule has 1 rings (SSSR count). The highest BCUT2D eigenvalue weighted by atomic mass is 31.2. The van der Waals surface area contributed by atoms with E-state index in [1.165, 1.54) is 0 Å². The van der Waals surface area contributed by atoms with E-state index in [-0.39, 0.29) is 6.16 Å². The molecule has 0 amide bonds. The van der Waals surface area contributed by atoms with E-state index in [4.69, 9.17) is 14.5 Å². The van der Waals surface area contributed by atoms with Gasteiger partial charge >= 0.3 is 7.60 Å². The number of piperidine rings is 1. The first-order chi connectivity index (χ1) is 8.92. The molecule has 1 heterocycles. The van der Waals surface area contributed by atoms with E-state index in [1.54, 1.807) is 7.11 Å². The lowest BCUT2D eigenvalue weighted by Gasteiger charge is -2.37. The van der Waals surface area contributed by atoms with E-state index in [0.717, 1.165) is 39.0 Å². The second-order valence-corrected chi connectivity index (χ2v) is 7.08. The fraction of sp³-hybridized carbons (Fsp3) is 1.00. The van der Waals surface area contributed by atoms with Crippen molar-refractivity contribution in [2.45, 2.75) is 25.3 Å². The number of hydrogen-bond acceptors (Lipinski definition) is 4. The maximum absolute atomic E-state index is 10.9. The van der Waals surface area contributed by atoms with Crippen molar-refractivity contribution in [2.75, 3.05) is 53.1 Å². The minimum absolute atomic E-state index is 0.0247. The van der Waals surface area contributed by atoms with Gasteiger partial charge in [0.25, 0.3) is 0 Å². The summed E-state index contributed by atoms with van der Waals surface area (Å²) >= 11 is 0. The van der Waals surface area contributed by atoms with Gasteiger partial charge in [-0.3, -0.25) is 9.46 Å². The normalized spacial score (nSPS) is 19.2. The molecule has 19 heavy (non-hydrogen) atoms. The van der Waals surface area contributed by atoms with E-state index in [9.17, 15) is 4.57 Å². The average molecular weight is 294 g/mol. The minimum atomic E-state index is -3.86. The van der Waals surface area contributed by atoms with E-state index in [2.05, 4.69) is 16.8 Å². The van der Waals surface area contributed by atoms with Gasteiger partial charge in [-0.25, -0.2) is 0 Å². The van der Waals surface area contributed by atoms with Crippen molar-refractivity contribution < 1.29 is 19.1 Å². The molecule has 0 aromatic carbocycles. The zero-order valence-electron chi connectivity index (χ0n) is 12.0. The number of likely N-dealkylation sites (tertiary alicyclic amines) is 1. The molecule has 1 aliphatic heterocycles. The Morgan fingerprint density at radius 1 is 1.32 bits per heavy atom. The third kappa shape index (κ3) is 7.40. The molecule has 0 atom stereocenters. The lowest BCUT2D eigenvalue weighted by atomic mass is 10.0. The highest BCUT2D eigenvalue weighted by Gasteiger charge is 2.23. The maximum Gasteiger partial charge on any atom is 0.325 e. The van der Waals surface area contributed by atoms with Crippen LogP contribution in [0.5, 0.6) is 0 Å². The van der Waals surface area contributed by atoms with Crippen LogP contribution < -0.4 is 0 Å². The number of rotatable bonds is 8. The van der Waals surface area contributed by atoms with E-state index in [1.807, 2.05) is 0 Å². The summed E-state index contributed by atoms with van der Waals surface area (Å²) in [7, 11) is -0.0525. The summed E-state index contributed by atoms with van der Waals surface area (Å²) in [6, 6.07) is 0.517. The first-order valence-corrected chi connectivity index (χ1v) is 8.68. The molecule has 1 saturated heterocycles. The standard InChI is InChI=1S/C12H27N2O4P/c1-13-7-4-12(5-8-13)14(9-10-18-2)6-3-11-19(15,16)17/h12H,3-11H2,1-2H3,(H2,15,16,17). The van der Waals surface area contributed by atoms with Crippen molar-refractivity contribution in [3.63, 3.8) is 0 Å². The largest absolute Gasteiger partial charge is 0.383 e. The maximum atomic E-state index is 10.9. The minimum Gasteiger partial charge on any atom is -0.383 e. The molecule has 1 aliphatic rings. The van der Waals surface area contributed by atoms with Crippen LogP contribution in [0.4, 0.5) is 0 Å². The summed E-state index contributed by atoms with van der Waals surface area (Å²) in [6.45, 7) is 4.43. The third-order valence-corrected chi connectivity index (χ3v) is 4.58. The van der Waals surface area contributed by atoms with Crippen molar-refractivity contribution in [3.8, 4) is 0 Å². The van der Waals surface area contributed by atoms with Crippen molar-refractivity contribution in [3.05, 3.63) is 0 Å². The summed E-state index contributed by atoms with van der Waals surface area (Å²) in [4.78, 5) is 22.5. The van der Waals surface area contributed by atoms with Crippen molar-refractivity contribution in [1.29, 1.82) is 0 Å². The van der Waals surface area contributed by atoms with E-state index >= 15 is 0 Å². The summed E-state index contributed by atoms with van der Waals surface area (Å²) in [5.74, 6) is 0. The molecule has 0 aromatic rings. The first-order valence-electron chi connectivity index (χ1n) is 6.88. The zero-order valence-corrected chi connectivity index (χ0v) is 12.9. The number of nitrogens with zero attached hydrogens (tertiary/aromatic N) is 2. The van der Waals surface area contributed by atoms with Gasteiger partial charge in [-0.1, -0.05) is 0 Å². The van der Waals surface area contributed by atoms with Gasteiger partial charge in [0.05, 0.1) is 12.8 Å². The quantitative estimate of drug-likeness (QED) is 0.639. The number of hydrogen-bond donors (Lipinski definition) is 2. The van der Waals surface area contributed by atoms with Gasteiger partial charge in [-0.2, -0.15) is 0 Å². The molecule has 6 nitrogen and oxygen atoms in total. The fourth-order valence-corrected chi connectivity index (χ4v) is 3.08. The van der Waals surface area contributed by atoms with Crippen molar-refractivity contribution in [1.82, 2.24) is 9.80 Å². The third-order valence-electron chi connectivity index (χ3n) is 3.68. The van der Waals surface area contributed by atoms with Crippen molar-refractivity contribution >= 4 is 7.60 Å². The Balaban J connectivity index is 2.39. The lowest BCUT2D eigenvalue weighted by Crippen LogP contribution is -2.45. The highest BCUT2D eigenvalue weighted by Crippen LogP contribution is 2.35. The number of methoxy groups -OCH3 is 1. The molecule has 114 valence electrons. The Kier molecular flexibility index (Phi) is 7.50. The molecule has 0 unspecified atom stereocenters. The second-order valence-electron chi connectivity index (χ2n) is 5.31. The Hall–Kier alpha value is 0.0300. The molecule has 0 bridgehead atoms. The van der Waals surface area contributed by atoms with Crippen LogP contribution in [0.15, 0.2) is 0 Å². The fourth-order valence-electron chi connectivity index (χ4n) is 2.53. The Labute approximate surface area is 115 Å². The molecular formula is C12H27N2O4P. The van der Waals surface area contributed by atoms with Gasteiger partial charge in [-0.05, 0) is 45.9 Å². The van der Waals surface area contributed by atoms with Crippen LogP contribution in [0.25, 0.3) is 0 Å². The van der Waals surface area contributed by atoms with Gasteiger partial charge < -0.3 is 19.4 Å². The molecular weight excluding hydrogens is 267 g/mol. The van der Waals surface area contributed by atoms with Crippen LogP contribution in [-0.2, 0) is 9.30 Å². The highest BCUT2D eigenvalue weighted by molar-refractivity contribution is 7.51. The summed E-state index contributed by atoms with van der Waals surface area (Å²) in [6.07, 6.45) is 2.76. The van der Waals surface area contributed by atoms with Gasteiger partial charge in [0, 0.05) is 19.7 Å². The molecule has 0 saturated carbocycles. The monoisotopic (exact) mass is 294 g/mol. The SMILES string of the molecule is COCCN(CCCP(=O)(O)O)C1CCN(C)CC1. The summed E-state index contributed by atoms with van der Waals surface area (Å²) in [5, 5.41) is 0. The van der Waals surface area contributed by atoms with Gasteiger partial charge in [0.2, 0.25) is 0 Å². The molecule has 0 aromatic heterocycles. The smallest absolute Gasteiger partial charge is 0.325 e. The molecule has 0 aliphatic carbocycles. The summed E-state index contributed by atoms with van der Waals surface area (Å²) in [5.41, 5.74) is 0. The molecule has 2 N–H and O–H groups in total. The second kappa shape index (κ2) is 8.35. The van der Waals surface area contributed by atoms with Crippen molar-refractivity contribution in [2.24, 2.45) is 0 Å². The first kappa shape index (κ1) is 17.1. The summed E-state index contributed by atoms with van der Waals surface area (Å²) < 4.78 is 16.0. The molecule has 0 radical (unpaired) electrons. The van der Waals surface area contributed by atoms with Gasteiger partial charge in [0.15, 0.2) is 0 Å². The molecule has 0 spiro atoms. The number of ether oxygens (including phenoxy) is 1. The Morgan fingerprint density at radius 2 is 1.95 bits per heavy atom. The molecule has 1 fully saturated rings. The van der Waals surface area contributed by atoms with Crippen LogP contribution >= 0.6 is 7.60 Å². The lowest BCUT2D eigenvalue weighted by molar-refractivity contribution is 0.0855.